The third-order valence-electron chi connectivity index (χ3n) is 6.63. The van der Waals surface area contributed by atoms with Crippen LogP contribution in [0.4, 0.5) is 0 Å². The molecule has 1 saturated carbocycles. The molecule has 3 heterocycles. The molecule has 2 aliphatic heterocycles. The lowest BCUT2D eigenvalue weighted by Crippen LogP contribution is -2.48. The van der Waals surface area contributed by atoms with Gasteiger partial charge in [0, 0.05) is 23.9 Å². The molecule has 1 saturated heterocycles. The van der Waals surface area contributed by atoms with Crippen LogP contribution in [0.2, 0.25) is 0 Å². The predicted octanol–water partition coefficient (Wildman–Crippen LogP) is 2.10. The van der Waals surface area contributed by atoms with E-state index in [1.54, 1.807) is 11.5 Å². The fourth-order valence-electron chi connectivity index (χ4n) is 4.88. The van der Waals surface area contributed by atoms with E-state index in [2.05, 4.69) is 4.72 Å². The van der Waals surface area contributed by atoms with Crippen molar-refractivity contribution in [3.63, 3.8) is 0 Å². The van der Waals surface area contributed by atoms with Crippen LogP contribution < -0.4 is 10.3 Å². The van der Waals surface area contributed by atoms with Gasteiger partial charge in [0.1, 0.15) is 0 Å². The molecule has 0 aromatic carbocycles. The van der Waals surface area contributed by atoms with Crippen LogP contribution in [0.1, 0.15) is 55.8 Å². The minimum atomic E-state index is -2.12. The summed E-state index contributed by atoms with van der Waals surface area (Å²) in [5, 5.41) is 0. The molecule has 1 aromatic heterocycles. The Labute approximate surface area is 168 Å². The van der Waals surface area contributed by atoms with E-state index < -0.39 is 11.3 Å². The molecular weight excluding hydrogens is 380 g/mol. The van der Waals surface area contributed by atoms with Crippen LogP contribution in [0.25, 0.3) is 0 Å². The number of nitrogens with zero attached hydrogens (tertiary/aromatic N) is 1. The van der Waals surface area contributed by atoms with E-state index in [1.807, 2.05) is 12.1 Å². The number of hydrogen-bond donors (Lipinski definition) is 2. The van der Waals surface area contributed by atoms with Crippen LogP contribution in [0, 0.1) is 12.8 Å². The van der Waals surface area contributed by atoms with Crippen molar-refractivity contribution in [3.05, 3.63) is 33.7 Å². The van der Waals surface area contributed by atoms with Crippen molar-refractivity contribution in [1.29, 1.82) is 0 Å². The van der Waals surface area contributed by atoms with Crippen molar-refractivity contribution in [2.24, 2.45) is 5.92 Å². The zero-order valence-corrected chi connectivity index (χ0v) is 17.2. The molecule has 1 aromatic rings. The first-order chi connectivity index (χ1) is 13.5. The lowest BCUT2D eigenvalue weighted by molar-refractivity contribution is -0.104. The van der Waals surface area contributed by atoms with Gasteiger partial charge in [0.2, 0.25) is 11.3 Å². The van der Waals surface area contributed by atoms with E-state index in [0.717, 1.165) is 38.0 Å². The first-order valence-electron chi connectivity index (χ1n) is 10.3. The molecule has 0 spiro atoms. The maximum absolute atomic E-state index is 12.8. The van der Waals surface area contributed by atoms with Crippen molar-refractivity contribution in [2.45, 2.75) is 76.2 Å². The third-order valence-corrected chi connectivity index (χ3v) is 7.14. The molecule has 3 aliphatic rings. The molecule has 156 valence electrons. The maximum Gasteiger partial charge on any atom is 0.254 e. The predicted molar refractivity (Wildman–Crippen MR) is 107 cm³/mol. The Morgan fingerprint density at radius 3 is 2.64 bits per heavy atom. The smallest absolute Gasteiger partial charge is 0.254 e. The minimum Gasteiger partial charge on any atom is -0.378 e. The second kappa shape index (κ2) is 8.75. The van der Waals surface area contributed by atoms with E-state index >= 15 is 0 Å². The highest BCUT2D eigenvalue weighted by Crippen LogP contribution is 2.35. The minimum absolute atomic E-state index is 0.0350. The van der Waals surface area contributed by atoms with Gasteiger partial charge in [0.25, 0.3) is 5.56 Å². The molecule has 7 nitrogen and oxygen atoms in total. The van der Waals surface area contributed by atoms with Crippen LogP contribution >= 0.6 is 0 Å². The van der Waals surface area contributed by atoms with Crippen LogP contribution in [0.3, 0.4) is 0 Å². The van der Waals surface area contributed by atoms with E-state index in [-0.39, 0.29) is 23.7 Å². The summed E-state index contributed by atoms with van der Waals surface area (Å²) >= 11 is -2.12. The van der Waals surface area contributed by atoms with Gasteiger partial charge >= 0.3 is 0 Å². The van der Waals surface area contributed by atoms with E-state index in [1.165, 1.54) is 6.42 Å². The summed E-state index contributed by atoms with van der Waals surface area (Å²) in [5.41, 5.74) is 1.62. The number of aromatic nitrogens is 1. The molecule has 0 amide bonds. The summed E-state index contributed by atoms with van der Waals surface area (Å²) in [6, 6.07) is 3.30. The molecule has 4 rings (SSSR count). The molecule has 4 unspecified atom stereocenters. The van der Waals surface area contributed by atoms with Gasteiger partial charge in [-0.1, -0.05) is 6.07 Å². The molecule has 28 heavy (non-hydrogen) atoms. The quantitative estimate of drug-likeness (QED) is 0.701. The molecule has 2 N–H and O–H groups in total. The Morgan fingerprint density at radius 1 is 1.25 bits per heavy atom. The Balaban J connectivity index is 1.44. The second-order valence-corrected chi connectivity index (χ2v) is 9.06. The van der Waals surface area contributed by atoms with Gasteiger partial charge in [-0.25, -0.2) is 8.93 Å². The third kappa shape index (κ3) is 4.26. The zero-order chi connectivity index (χ0) is 19.7. The van der Waals surface area contributed by atoms with Gasteiger partial charge in [-0.3, -0.25) is 9.35 Å². The number of nitrogens with one attached hydrogen (secondary N) is 1. The molecular formula is C20H30N2O5S. The van der Waals surface area contributed by atoms with E-state index in [9.17, 15) is 13.6 Å². The number of fused-ring (bicyclic) bond motifs is 1. The summed E-state index contributed by atoms with van der Waals surface area (Å²) in [6.07, 6.45) is 7.48. The molecule has 4 atom stereocenters. The summed E-state index contributed by atoms with van der Waals surface area (Å²) < 4.78 is 37.1. The van der Waals surface area contributed by atoms with Crippen molar-refractivity contribution in [3.8, 4) is 0 Å². The topological polar surface area (TPSA) is 89.8 Å². The highest BCUT2D eigenvalue weighted by molar-refractivity contribution is 7.77. The summed E-state index contributed by atoms with van der Waals surface area (Å²) in [7, 11) is 0. The first-order valence-corrected chi connectivity index (χ1v) is 11.4. The van der Waals surface area contributed by atoms with Crippen molar-refractivity contribution in [2.75, 3.05) is 13.2 Å². The Hall–Kier alpha value is -1.06. The summed E-state index contributed by atoms with van der Waals surface area (Å²) in [6.45, 7) is 3.08. The number of ether oxygens (including phenoxy) is 2. The van der Waals surface area contributed by atoms with E-state index in [4.69, 9.17) is 9.47 Å². The van der Waals surface area contributed by atoms with Gasteiger partial charge in [0.05, 0.1) is 24.9 Å². The molecule has 8 heteroatoms. The van der Waals surface area contributed by atoms with Crippen molar-refractivity contribution >= 4 is 11.3 Å². The van der Waals surface area contributed by atoms with Crippen molar-refractivity contribution < 1.29 is 18.2 Å². The van der Waals surface area contributed by atoms with Crippen molar-refractivity contribution in [1.82, 2.24) is 9.29 Å². The Kier molecular flexibility index (Phi) is 6.32. The Bertz CT molecular complexity index is 770. The van der Waals surface area contributed by atoms with Crippen LogP contribution in [0.15, 0.2) is 16.9 Å². The maximum atomic E-state index is 12.8. The van der Waals surface area contributed by atoms with Crippen LogP contribution in [0.5, 0.6) is 0 Å². The largest absolute Gasteiger partial charge is 0.378 e. The number of rotatable bonds is 6. The summed E-state index contributed by atoms with van der Waals surface area (Å²) in [5.74, 6) is 0.653. The number of pyridine rings is 1. The molecule has 1 aliphatic carbocycles. The average molecular weight is 411 g/mol. The normalized spacial score (nSPS) is 33.7. The lowest BCUT2D eigenvalue weighted by atomic mass is 9.81. The fraction of sp³-hybridized carbons (Fsp3) is 0.750. The van der Waals surface area contributed by atoms with Gasteiger partial charge in [-0.2, -0.15) is 0 Å². The highest BCUT2D eigenvalue weighted by Gasteiger charge is 2.35. The molecule has 2 fully saturated rings. The molecule has 0 bridgehead atoms. The van der Waals surface area contributed by atoms with Crippen LogP contribution in [-0.4, -0.2) is 44.8 Å². The second-order valence-electron chi connectivity index (χ2n) is 8.33. The molecule has 0 radical (unpaired) electrons. The first kappa shape index (κ1) is 20.2. The van der Waals surface area contributed by atoms with Gasteiger partial charge in [0.15, 0.2) is 0 Å². The number of aryl methyl sites for hydroxylation is 2. The van der Waals surface area contributed by atoms with Gasteiger partial charge in [-0.05, 0) is 63.9 Å². The monoisotopic (exact) mass is 410 g/mol. The van der Waals surface area contributed by atoms with Crippen LogP contribution in [-0.2, 0) is 27.2 Å². The summed E-state index contributed by atoms with van der Waals surface area (Å²) in [4.78, 5) is 12.8. The average Bonchev–Trinajstić information content (AvgIpc) is 2.63. The standard InChI is InChI=1S/C20H30N2O5S/c1-13-2-5-15-6-9-17(21-28(24)25)18(22(15)20(13)23)12-27-16-7-3-14(4-8-16)19-10-11-26-19/h2,5,14,16-19,21H,3-4,6-12H2,1H3,(H,24,25). The number of hydrogen-bond acceptors (Lipinski definition) is 4. The SMILES string of the molecule is Cc1ccc2n(c1=O)C(COC1CCC(C3CCO3)CC1)C(NS(=O)O)CC2. The lowest BCUT2D eigenvalue weighted by Gasteiger charge is -2.39. The Morgan fingerprint density at radius 2 is 2.00 bits per heavy atom. The van der Waals surface area contributed by atoms with Gasteiger partial charge < -0.3 is 14.0 Å². The van der Waals surface area contributed by atoms with Gasteiger partial charge in [-0.15, -0.1) is 0 Å². The van der Waals surface area contributed by atoms with E-state index in [0.29, 0.717) is 37.0 Å². The fourth-order valence-corrected chi connectivity index (χ4v) is 5.42. The highest BCUT2D eigenvalue weighted by atomic mass is 32.2. The zero-order valence-electron chi connectivity index (χ0n) is 16.3.